The second kappa shape index (κ2) is 5.34. The van der Waals surface area contributed by atoms with Crippen LogP contribution < -0.4 is 0 Å². The van der Waals surface area contributed by atoms with Crippen LogP contribution in [0, 0.1) is 5.92 Å². The van der Waals surface area contributed by atoms with Crippen LogP contribution in [-0.2, 0) is 9.84 Å². The molecular weight excluding hydrogens is 323 g/mol. The van der Waals surface area contributed by atoms with Crippen LogP contribution in [0.5, 0.6) is 0 Å². The van der Waals surface area contributed by atoms with E-state index in [2.05, 4.69) is 22.6 Å². The third kappa shape index (κ3) is 3.08. The Morgan fingerprint density at radius 3 is 2.13 bits per heavy atom. The van der Waals surface area contributed by atoms with E-state index in [9.17, 15) is 8.42 Å². The van der Waals surface area contributed by atoms with Crippen molar-refractivity contribution in [3.8, 4) is 0 Å². The molecular formula is C11H21IO2S. The van der Waals surface area contributed by atoms with Crippen molar-refractivity contribution >= 4 is 32.4 Å². The number of hydrogen-bond acceptors (Lipinski definition) is 2. The van der Waals surface area contributed by atoms with Crippen molar-refractivity contribution in [3.63, 3.8) is 0 Å². The standard InChI is InChI=1S/C11H21IO2S/c1-8(2)9(3)15(13,14)11-7-5-4-6-10(11)12/h8-11H,4-7H2,1-3H3/t9-,10?,11?/m0/s1. The lowest BCUT2D eigenvalue weighted by molar-refractivity contribution is 0.483. The van der Waals surface area contributed by atoms with Gasteiger partial charge in [0.05, 0.1) is 10.5 Å². The van der Waals surface area contributed by atoms with Crippen molar-refractivity contribution in [2.75, 3.05) is 0 Å². The molecule has 15 heavy (non-hydrogen) atoms. The van der Waals surface area contributed by atoms with Gasteiger partial charge in [0.15, 0.2) is 9.84 Å². The van der Waals surface area contributed by atoms with Crippen molar-refractivity contribution in [1.29, 1.82) is 0 Å². The maximum absolute atomic E-state index is 12.3. The first-order valence-electron chi connectivity index (χ1n) is 5.74. The van der Waals surface area contributed by atoms with Crippen LogP contribution in [0.4, 0.5) is 0 Å². The number of halogens is 1. The fraction of sp³-hybridized carbons (Fsp3) is 1.00. The van der Waals surface area contributed by atoms with Gasteiger partial charge in [0.1, 0.15) is 0 Å². The van der Waals surface area contributed by atoms with Crippen molar-refractivity contribution in [1.82, 2.24) is 0 Å². The lowest BCUT2D eigenvalue weighted by atomic mass is 10.0. The molecule has 0 bridgehead atoms. The molecule has 1 fully saturated rings. The zero-order chi connectivity index (χ0) is 11.6. The Balaban J connectivity index is 2.84. The Labute approximate surface area is 107 Å². The van der Waals surface area contributed by atoms with E-state index in [1.54, 1.807) is 0 Å². The van der Waals surface area contributed by atoms with Gasteiger partial charge in [0.25, 0.3) is 0 Å². The van der Waals surface area contributed by atoms with Crippen molar-refractivity contribution < 1.29 is 8.42 Å². The molecule has 0 aromatic heterocycles. The third-order valence-corrected chi connectivity index (χ3v) is 8.47. The predicted molar refractivity (Wildman–Crippen MR) is 73.3 cm³/mol. The van der Waals surface area contributed by atoms with Crippen LogP contribution >= 0.6 is 22.6 Å². The quantitative estimate of drug-likeness (QED) is 0.582. The van der Waals surface area contributed by atoms with Crippen LogP contribution in [0.15, 0.2) is 0 Å². The van der Waals surface area contributed by atoms with Gasteiger partial charge in [-0.05, 0) is 25.7 Å². The van der Waals surface area contributed by atoms with Crippen LogP contribution in [0.1, 0.15) is 46.5 Å². The average Bonchev–Trinajstić information content (AvgIpc) is 2.16. The molecule has 90 valence electrons. The zero-order valence-electron chi connectivity index (χ0n) is 9.74. The number of alkyl halides is 1. The van der Waals surface area contributed by atoms with Crippen LogP contribution in [0.2, 0.25) is 0 Å². The molecule has 1 aliphatic carbocycles. The normalized spacial score (nSPS) is 30.5. The molecule has 0 heterocycles. The summed E-state index contributed by atoms with van der Waals surface area (Å²) in [7, 11) is -2.92. The highest BCUT2D eigenvalue weighted by Gasteiger charge is 2.38. The average molecular weight is 344 g/mol. The topological polar surface area (TPSA) is 34.1 Å². The lowest BCUT2D eigenvalue weighted by Gasteiger charge is -2.30. The maximum Gasteiger partial charge on any atom is 0.157 e. The zero-order valence-corrected chi connectivity index (χ0v) is 12.7. The molecule has 0 aromatic rings. The lowest BCUT2D eigenvalue weighted by Crippen LogP contribution is -2.40. The van der Waals surface area contributed by atoms with Crippen molar-refractivity contribution in [2.45, 2.75) is 60.9 Å². The summed E-state index contributed by atoms with van der Waals surface area (Å²) in [5, 5.41) is -0.290. The second-order valence-corrected chi connectivity index (χ2v) is 9.00. The van der Waals surface area contributed by atoms with Gasteiger partial charge in [-0.1, -0.05) is 49.3 Å². The van der Waals surface area contributed by atoms with Crippen LogP contribution in [0.25, 0.3) is 0 Å². The van der Waals surface area contributed by atoms with Crippen LogP contribution in [0.3, 0.4) is 0 Å². The summed E-state index contributed by atoms with van der Waals surface area (Å²) < 4.78 is 25.0. The van der Waals surface area contributed by atoms with E-state index < -0.39 is 9.84 Å². The molecule has 0 spiro atoms. The Morgan fingerprint density at radius 1 is 1.13 bits per heavy atom. The number of sulfone groups is 1. The van der Waals surface area contributed by atoms with E-state index in [1.165, 1.54) is 6.42 Å². The highest BCUT2D eigenvalue weighted by atomic mass is 127. The highest BCUT2D eigenvalue weighted by Crippen LogP contribution is 2.33. The molecule has 3 atom stereocenters. The summed E-state index contributed by atoms with van der Waals surface area (Å²) in [6.45, 7) is 5.85. The van der Waals surface area contributed by atoms with Gasteiger partial charge in [-0.25, -0.2) is 8.42 Å². The van der Waals surface area contributed by atoms with E-state index in [4.69, 9.17) is 0 Å². The molecule has 0 saturated heterocycles. The fourth-order valence-electron chi connectivity index (χ4n) is 2.08. The monoisotopic (exact) mass is 344 g/mol. The smallest absolute Gasteiger partial charge is 0.157 e. The minimum absolute atomic E-state index is 0.0933. The third-order valence-electron chi connectivity index (χ3n) is 3.50. The Bertz CT molecular complexity index is 298. The second-order valence-electron chi connectivity index (χ2n) is 4.88. The Kier molecular flexibility index (Phi) is 4.89. The maximum atomic E-state index is 12.3. The molecule has 2 nitrogen and oxygen atoms in total. The van der Waals surface area contributed by atoms with Crippen molar-refractivity contribution in [2.24, 2.45) is 5.92 Å². The SMILES string of the molecule is CC(C)[C@H](C)S(=O)(=O)C1CCCCC1I. The molecule has 2 unspecified atom stereocenters. The van der Waals surface area contributed by atoms with Gasteiger partial charge in [0.2, 0.25) is 0 Å². The molecule has 4 heteroatoms. The summed E-state index contributed by atoms with van der Waals surface area (Å²) in [4.78, 5) is 0. The summed E-state index contributed by atoms with van der Waals surface area (Å²) in [6, 6.07) is 0. The first kappa shape index (κ1) is 13.7. The molecule has 0 radical (unpaired) electrons. The molecule has 1 rings (SSSR count). The minimum Gasteiger partial charge on any atom is -0.228 e. The summed E-state index contributed by atoms with van der Waals surface area (Å²) >= 11 is 2.32. The van der Waals surface area contributed by atoms with Gasteiger partial charge in [0, 0.05) is 3.92 Å². The summed E-state index contributed by atoms with van der Waals surface area (Å²) in [6.07, 6.45) is 4.20. The first-order valence-corrected chi connectivity index (χ1v) is 8.59. The van der Waals surface area contributed by atoms with Gasteiger partial charge >= 0.3 is 0 Å². The van der Waals surface area contributed by atoms with Gasteiger partial charge < -0.3 is 0 Å². The molecule has 0 amide bonds. The first-order chi connectivity index (χ1) is 6.87. The molecule has 1 aliphatic rings. The predicted octanol–water partition coefficient (Wildman–Crippen LogP) is 3.19. The molecule has 0 aromatic carbocycles. The largest absolute Gasteiger partial charge is 0.228 e. The fourth-order valence-corrected chi connectivity index (χ4v) is 6.46. The molecule has 0 aliphatic heterocycles. The van der Waals surface area contributed by atoms with Gasteiger partial charge in [-0.3, -0.25) is 0 Å². The van der Waals surface area contributed by atoms with E-state index >= 15 is 0 Å². The van der Waals surface area contributed by atoms with E-state index in [0.29, 0.717) is 3.92 Å². The number of hydrogen-bond donors (Lipinski definition) is 0. The van der Waals surface area contributed by atoms with E-state index in [1.807, 2.05) is 20.8 Å². The molecule has 0 N–H and O–H groups in total. The number of rotatable bonds is 3. The minimum atomic E-state index is -2.92. The van der Waals surface area contributed by atoms with Crippen molar-refractivity contribution in [3.05, 3.63) is 0 Å². The summed E-state index contributed by atoms with van der Waals surface area (Å²) in [5.74, 6) is 0.223. The Hall–Kier alpha value is 0.680. The van der Waals surface area contributed by atoms with Gasteiger partial charge in [-0.15, -0.1) is 0 Å². The summed E-state index contributed by atoms with van der Waals surface area (Å²) in [5.41, 5.74) is 0. The van der Waals surface area contributed by atoms with E-state index in [0.717, 1.165) is 19.3 Å². The highest BCUT2D eigenvalue weighted by molar-refractivity contribution is 14.1. The Morgan fingerprint density at radius 2 is 1.67 bits per heavy atom. The van der Waals surface area contributed by atoms with Crippen LogP contribution in [-0.4, -0.2) is 22.8 Å². The molecule has 1 saturated carbocycles. The van der Waals surface area contributed by atoms with Gasteiger partial charge in [-0.2, -0.15) is 0 Å². The van der Waals surface area contributed by atoms with E-state index in [-0.39, 0.29) is 16.4 Å².